The van der Waals surface area contributed by atoms with Crippen LogP contribution in [0.5, 0.6) is 0 Å². The quantitative estimate of drug-likeness (QED) is 0.562. The third-order valence-corrected chi connectivity index (χ3v) is 6.74. The van der Waals surface area contributed by atoms with E-state index in [0.717, 1.165) is 12.1 Å². The Kier molecular flexibility index (Phi) is 7.09. The van der Waals surface area contributed by atoms with Gasteiger partial charge in [-0.3, -0.25) is 14.3 Å². The van der Waals surface area contributed by atoms with Crippen molar-refractivity contribution < 1.29 is 40.0 Å². The van der Waals surface area contributed by atoms with Crippen molar-refractivity contribution in [3.63, 3.8) is 0 Å². The number of nitrogens with one attached hydrogen (secondary N) is 1. The molecule has 0 spiro atoms. The van der Waals surface area contributed by atoms with Crippen LogP contribution in [0.25, 0.3) is 0 Å². The Labute approximate surface area is 200 Å². The number of sulfone groups is 1. The lowest BCUT2D eigenvalue weighted by atomic mass is 10.2. The molecular weight excluding hydrogens is 525 g/mol. The second kappa shape index (κ2) is 9.42. The summed E-state index contributed by atoms with van der Waals surface area (Å²) < 4.78 is 92.7. The van der Waals surface area contributed by atoms with Crippen molar-refractivity contribution in [1.82, 2.24) is 20.0 Å². The molecule has 0 unspecified atom stereocenters. The number of alkyl halides is 5. The largest absolute Gasteiger partial charge is 0.435 e. The molecule has 1 aromatic carbocycles. The Morgan fingerprint density at radius 3 is 2.46 bits per heavy atom. The number of carbonyl (C=O) groups excluding carboxylic acids is 2. The zero-order valence-electron chi connectivity index (χ0n) is 17.4. The fourth-order valence-corrected chi connectivity index (χ4v) is 4.61. The summed E-state index contributed by atoms with van der Waals surface area (Å²) in [6, 6.07) is 4.88. The van der Waals surface area contributed by atoms with Gasteiger partial charge in [0.1, 0.15) is 11.9 Å². The second-order valence-electron chi connectivity index (χ2n) is 7.54. The zero-order valence-corrected chi connectivity index (χ0v) is 19.0. The first kappa shape index (κ1) is 26.4. The zero-order chi connectivity index (χ0) is 26.2. The van der Waals surface area contributed by atoms with Crippen LogP contribution in [-0.2, 0) is 26.7 Å². The van der Waals surface area contributed by atoms with E-state index in [1.807, 2.05) is 5.32 Å². The minimum atomic E-state index is -5.16. The average molecular weight is 540 g/mol. The maximum atomic E-state index is 13.5. The van der Waals surface area contributed by atoms with E-state index in [1.54, 1.807) is 0 Å². The number of carbonyl (C=O) groups is 2. The highest BCUT2D eigenvalue weighted by Gasteiger charge is 2.47. The van der Waals surface area contributed by atoms with Crippen LogP contribution in [0.15, 0.2) is 35.4 Å². The van der Waals surface area contributed by atoms with Gasteiger partial charge in [0.05, 0.1) is 29.6 Å². The highest BCUT2D eigenvalue weighted by molar-refractivity contribution is 7.90. The first-order chi connectivity index (χ1) is 16.1. The van der Waals surface area contributed by atoms with Gasteiger partial charge < -0.3 is 10.2 Å². The lowest BCUT2D eigenvalue weighted by Gasteiger charge is -2.19. The van der Waals surface area contributed by atoms with Gasteiger partial charge >= 0.3 is 6.18 Å². The molecule has 1 aliphatic heterocycles. The predicted molar refractivity (Wildman–Crippen MR) is 109 cm³/mol. The van der Waals surface area contributed by atoms with Crippen molar-refractivity contribution in [3.05, 3.63) is 46.7 Å². The van der Waals surface area contributed by atoms with Crippen molar-refractivity contribution in [2.24, 2.45) is 0 Å². The number of benzene rings is 1. The van der Waals surface area contributed by atoms with E-state index in [2.05, 4.69) is 5.10 Å². The molecule has 1 saturated heterocycles. The molecule has 0 bridgehead atoms. The molecule has 0 saturated carbocycles. The van der Waals surface area contributed by atoms with E-state index >= 15 is 0 Å². The first-order valence-electron chi connectivity index (χ1n) is 9.61. The molecule has 3 rings (SSSR count). The smallest absolute Gasteiger partial charge is 0.343 e. The number of likely N-dealkylation sites (tertiary alicyclic amines) is 1. The summed E-state index contributed by atoms with van der Waals surface area (Å²) >= 11 is 5.69. The number of hydrogen-bond acceptors (Lipinski definition) is 6. The lowest BCUT2D eigenvalue weighted by molar-refractivity contribution is -0.141. The first-order valence-corrected chi connectivity index (χ1v) is 11.6. The van der Waals surface area contributed by atoms with Gasteiger partial charge in [0, 0.05) is 17.6 Å². The normalized spacial score (nSPS) is 17.7. The number of amides is 2. The van der Waals surface area contributed by atoms with Gasteiger partial charge in [0.2, 0.25) is 5.91 Å². The molecular formula is C19H15ClF5N5O4S. The van der Waals surface area contributed by atoms with Crippen molar-refractivity contribution in [2.45, 2.75) is 35.3 Å². The van der Waals surface area contributed by atoms with E-state index in [-0.39, 0.29) is 9.92 Å². The molecule has 2 heterocycles. The van der Waals surface area contributed by atoms with Crippen LogP contribution in [-0.4, -0.2) is 60.0 Å². The Balaban J connectivity index is 1.78. The number of hydrogen-bond donors (Lipinski definition) is 1. The number of nitrogens with zero attached hydrogens (tertiary/aromatic N) is 4. The number of rotatable bonds is 6. The summed E-state index contributed by atoms with van der Waals surface area (Å²) in [5, 5.41) is 14.2. The summed E-state index contributed by atoms with van der Waals surface area (Å²) in [7, 11) is -4.18. The molecule has 0 radical (unpaired) electrons. The fraction of sp³-hybridized carbons (Fsp3) is 0.368. The summed E-state index contributed by atoms with van der Waals surface area (Å²) in [5.41, 5.74) is -2.79. The molecule has 35 heavy (non-hydrogen) atoms. The van der Waals surface area contributed by atoms with Crippen LogP contribution < -0.4 is 5.32 Å². The molecule has 2 amide bonds. The molecule has 1 atom stereocenters. The van der Waals surface area contributed by atoms with Gasteiger partial charge in [-0.15, -0.1) is 0 Å². The summed E-state index contributed by atoms with van der Waals surface area (Å²) in [6.45, 7) is -2.05. The third-order valence-electron chi connectivity index (χ3n) is 4.89. The Morgan fingerprint density at radius 2 is 1.89 bits per heavy atom. The Hall–Kier alpha value is -3.25. The third kappa shape index (κ3) is 6.06. The van der Waals surface area contributed by atoms with Crippen LogP contribution in [0, 0.1) is 11.3 Å². The maximum absolute atomic E-state index is 13.5. The van der Waals surface area contributed by atoms with E-state index < -0.39 is 76.4 Å². The highest BCUT2D eigenvalue weighted by atomic mass is 35.5. The van der Waals surface area contributed by atoms with Gasteiger partial charge in [0.15, 0.2) is 15.5 Å². The van der Waals surface area contributed by atoms with E-state index in [0.29, 0.717) is 15.8 Å². The number of aromatic nitrogens is 2. The van der Waals surface area contributed by atoms with Crippen molar-refractivity contribution >= 4 is 33.3 Å². The van der Waals surface area contributed by atoms with Gasteiger partial charge in [-0.25, -0.2) is 17.2 Å². The fourth-order valence-electron chi connectivity index (χ4n) is 3.30. The molecule has 1 fully saturated rings. The van der Waals surface area contributed by atoms with Crippen LogP contribution in [0.3, 0.4) is 0 Å². The molecule has 1 aliphatic rings. The van der Waals surface area contributed by atoms with Crippen molar-refractivity contribution in [2.75, 3.05) is 13.1 Å². The van der Waals surface area contributed by atoms with Crippen molar-refractivity contribution in [1.29, 1.82) is 5.26 Å². The van der Waals surface area contributed by atoms with Crippen LogP contribution >= 0.6 is 11.6 Å². The molecule has 9 nitrogen and oxygen atoms in total. The van der Waals surface area contributed by atoms with Gasteiger partial charge in [-0.1, -0.05) is 11.6 Å². The SMILES string of the molecule is N#C[C@@H]1CC(F)(F)CN1C(=O)CNC(=O)c1cn(CS(=O)(=O)c2ccc(Cl)cc2)nc1C(F)(F)F. The Bertz CT molecular complexity index is 1290. The van der Waals surface area contributed by atoms with Crippen LogP contribution in [0.4, 0.5) is 22.0 Å². The Morgan fingerprint density at radius 1 is 1.26 bits per heavy atom. The molecule has 1 aromatic heterocycles. The molecule has 2 aromatic rings. The minimum absolute atomic E-state index is 0.231. The molecule has 188 valence electrons. The average Bonchev–Trinajstić information content (AvgIpc) is 3.32. The second-order valence-corrected chi connectivity index (χ2v) is 9.93. The van der Waals surface area contributed by atoms with Gasteiger partial charge in [-0.2, -0.15) is 23.5 Å². The van der Waals surface area contributed by atoms with Crippen molar-refractivity contribution in [3.8, 4) is 6.07 Å². The monoisotopic (exact) mass is 539 g/mol. The van der Waals surface area contributed by atoms with Crippen LogP contribution in [0.1, 0.15) is 22.5 Å². The van der Waals surface area contributed by atoms with E-state index in [9.17, 15) is 40.0 Å². The highest BCUT2D eigenvalue weighted by Crippen LogP contribution is 2.32. The summed E-state index contributed by atoms with van der Waals surface area (Å²) in [5.74, 6) is -6.91. The molecule has 16 heteroatoms. The number of nitriles is 1. The lowest BCUT2D eigenvalue weighted by Crippen LogP contribution is -2.43. The molecule has 0 aliphatic carbocycles. The van der Waals surface area contributed by atoms with Crippen LogP contribution in [0.2, 0.25) is 5.02 Å². The minimum Gasteiger partial charge on any atom is -0.343 e. The topological polar surface area (TPSA) is 125 Å². The van der Waals surface area contributed by atoms with E-state index in [4.69, 9.17) is 16.9 Å². The summed E-state index contributed by atoms with van der Waals surface area (Å²) in [4.78, 5) is 24.8. The van der Waals surface area contributed by atoms with E-state index in [1.165, 1.54) is 18.2 Å². The molecule has 1 N–H and O–H groups in total. The summed E-state index contributed by atoms with van der Waals surface area (Å²) in [6.07, 6.45) is -5.52. The standard InChI is InChI=1S/C19H15ClF5N5O4S/c20-11-1-3-13(4-2-11)35(33,34)10-29-8-14(16(28-29)19(23,24)25)17(32)27-7-15(31)30-9-18(21,22)5-12(30)6-26/h1-4,8,12H,5,7,9-10H2,(H,27,32)/t12-/m0/s1. The predicted octanol–water partition coefficient (Wildman–Crippen LogP) is 2.48. The number of halogens is 6. The van der Waals surface area contributed by atoms with Gasteiger partial charge in [0.25, 0.3) is 11.8 Å². The maximum Gasteiger partial charge on any atom is 0.435 e. The van der Waals surface area contributed by atoms with Gasteiger partial charge in [-0.05, 0) is 24.3 Å².